The molecule has 0 unspecified atom stereocenters. The van der Waals surface area contributed by atoms with E-state index in [1.165, 1.54) is 0 Å². The van der Waals surface area contributed by atoms with Gasteiger partial charge in [0, 0.05) is 6.61 Å². The summed E-state index contributed by atoms with van der Waals surface area (Å²) in [5.74, 6) is 0.405. The quantitative estimate of drug-likeness (QED) is 0.552. The molecule has 0 aliphatic heterocycles. The molecule has 0 saturated heterocycles. The lowest BCUT2D eigenvalue weighted by atomic mass is 9.83. The van der Waals surface area contributed by atoms with Gasteiger partial charge in [-0.3, -0.25) is 0 Å². The molecule has 8 heavy (non-hydrogen) atoms. The van der Waals surface area contributed by atoms with Crippen LogP contribution >= 0.6 is 0 Å². The molecule has 0 aromatic carbocycles. The third kappa shape index (κ3) is 2.31. The SMILES string of the molecule is C[C@@H](CO)C(C)(C)C. The summed E-state index contributed by atoms with van der Waals surface area (Å²) in [5, 5.41) is 8.67. The van der Waals surface area contributed by atoms with Crippen LogP contribution in [0.1, 0.15) is 27.7 Å². The fourth-order valence-corrected chi connectivity index (χ4v) is 0.274. The summed E-state index contributed by atoms with van der Waals surface area (Å²) in [4.78, 5) is 0. The van der Waals surface area contributed by atoms with Crippen molar-refractivity contribution in [2.24, 2.45) is 11.3 Å². The summed E-state index contributed by atoms with van der Waals surface area (Å²) in [7, 11) is 0. The third-order valence-corrected chi connectivity index (χ3v) is 1.75. The first kappa shape index (κ1) is 7.96. The lowest BCUT2D eigenvalue weighted by Gasteiger charge is -2.24. The summed E-state index contributed by atoms with van der Waals surface area (Å²) in [5.41, 5.74) is 0.259. The van der Waals surface area contributed by atoms with E-state index in [9.17, 15) is 0 Å². The van der Waals surface area contributed by atoms with Crippen LogP contribution in [0.15, 0.2) is 0 Å². The maximum Gasteiger partial charge on any atom is 0.0461 e. The van der Waals surface area contributed by atoms with Crippen molar-refractivity contribution in [1.29, 1.82) is 0 Å². The van der Waals surface area contributed by atoms with Crippen molar-refractivity contribution in [3.05, 3.63) is 0 Å². The fourth-order valence-electron chi connectivity index (χ4n) is 0.274. The summed E-state index contributed by atoms with van der Waals surface area (Å²) in [6.07, 6.45) is 0. The lowest BCUT2D eigenvalue weighted by molar-refractivity contribution is 0.146. The van der Waals surface area contributed by atoms with Crippen molar-refractivity contribution in [3.63, 3.8) is 0 Å². The fraction of sp³-hybridized carbons (Fsp3) is 1.00. The number of hydrogen-bond acceptors (Lipinski definition) is 1. The predicted octanol–water partition coefficient (Wildman–Crippen LogP) is 1.66. The summed E-state index contributed by atoms with van der Waals surface area (Å²) in [6.45, 7) is 8.75. The molecule has 0 aliphatic rings. The Bertz CT molecular complexity index is 61.3. The van der Waals surface area contributed by atoms with E-state index in [0.717, 1.165) is 0 Å². The monoisotopic (exact) mass is 116 g/mol. The smallest absolute Gasteiger partial charge is 0.0461 e. The van der Waals surface area contributed by atoms with Gasteiger partial charge in [-0.15, -0.1) is 0 Å². The van der Waals surface area contributed by atoms with Crippen LogP contribution in [0.2, 0.25) is 0 Å². The van der Waals surface area contributed by atoms with Gasteiger partial charge >= 0.3 is 0 Å². The molecule has 1 nitrogen and oxygen atoms in total. The van der Waals surface area contributed by atoms with Crippen molar-refractivity contribution in [2.75, 3.05) is 6.61 Å². The summed E-state index contributed by atoms with van der Waals surface area (Å²) in [6, 6.07) is 0. The Morgan fingerprint density at radius 3 is 1.75 bits per heavy atom. The van der Waals surface area contributed by atoms with Crippen LogP contribution in [0.3, 0.4) is 0 Å². The van der Waals surface area contributed by atoms with E-state index in [-0.39, 0.29) is 5.41 Å². The van der Waals surface area contributed by atoms with Crippen LogP contribution in [0.25, 0.3) is 0 Å². The van der Waals surface area contributed by atoms with Gasteiger partial charge in [-0.05, 0) is 11.3 Å². The maximum atomic E-state index is 8.67. The zero-order valence-corrected chi connectivity index (χ0v) is 6.23. The number of rotatable bonds is 1. The molecule has 0 fully saturated rings. The van der Waals surface area contributed by atoms with Crippen LogP contribution in [-0.2, 0) is 0 Å². The molecule has 1 heteroatoms. The van der Waals surface area contributed by atoms with Gasteiger partial charge in [0.25, 0.3) is 0 Å². The minimum atomic E-state index is 0.259. The average molecular weight is 116 g/mol. The molecule has 0 bridgehead atoms. The Kier molecular flexibility index (Phi) is 2.48. The molecule has 0 amide bonds. The van der Waals surface area contributed by atoms with Gasteiger partial charge in [0.1, 0.15) is 0 Å². The van der Waals surface area contributed by atoms with Crippen LogP contribution in [0.5, 0.6) is 0 Å². The molecule has 0 rings (SSSR count). The van der Waals surface area contributed by atoms with E-state index >= 15 is 0 Å². The van der Waals surface area contributed by atoms with Crippen LogP contribution in [0, 0.1) is 11.3 Å². The highest BCUT2D eigenvalue weighted by Crippen LogP contribution is 2.23. The summed E-state index contributed by atoms with van der Waals surface area (Å²) < 4.78 is 0. The lowest BCUT2D eigenvalue weighted by Crippen LogP contribution is -2.20. The topological polar surface area (TPSA) is 20.2 Å². The Labute approximate surface area is 51.7 Å². The van der Waals surface area contributed by atoms with Crippen molar-refractivity contribution >= 4 is 0 Å². The molecular weight excluding hydrogens is 100 g/mol. The second-order valence-electron chi connectivity index (χ2n) is 3.45. The van der Waals surface area contributed by atoms with Crippen molar-refractivity contribution < 1.29 is 5.11 Å². The maximum absolute atomic E-state index is 8.67. The zero-order valence-electron chi connectivity index (χ0n) is 6.23. The van der Waals surface area contributed by atoms with Gasteiger partial charge in [0.05, 0.1) is 0 Å². The third-order valence-electron chi connectivity index (χ3n) is 1.75. The van der Waals surface area contributed by atoms with E-state index in [4.69, 9.17) is 5.11 Å². The van der Waals surface area contributed by atoms with E-state index in [1.807, 2.05) is 0 Å². The van der Waals surface area contributed by atoms with Gasteiger partial charge in [-0.2, -0.15) is 0 Å². The molecule has 50 valence electrons. The minimum Gasteiger partial charge on any atom is -0.396 e. The first-order chi connectivity index (χ1) is 3.48. The standard InChI is InChI=1S/C7H16O/c1-6(5-8)7(2,3)4/h6,8H,5H2,1-4H3/t6-/m0/s1. The van der Waals surface area contributed by atoms with E-state index in [0.29, 0.717) is 12.5 Å². The Balaban J connectivity index is 3.62. The highest BCUT2D eigenvalue weighted by Gasteiger charge is 2.17. The molecule has 0 radical (unpaired) electrons. The van der Waals surface area contributed by atoms with Crippen molar-refractivity contribution in [3.8, 4) is 0 Å². The molecule has 0 heterocycles. The second kappa shape index (κ2) is 2.49. The number of hydrogen-bond donors (Lipinski definition) is 1. The van der Waals surface area contributed by atoms with Gasteiger partial charge < -0.3 is 5.11 Å². The Hall–Kier alpha value is -0.0400. The van der Waals surface area contributed by atoms with E-state index < -0.39 is 0 Å². The van der Waals surface area contributed by atoms with E-state index in [1.54, 1.807) is 0 Å². The summed E-state index contributed by atoms with van der Waals surface area (Å²) >= 11 is 0. The molecule has 1 N–H and O–H groups in total. The first-order valence-corrected chi connectivity index (χ1v) is 3.09. The largest absolute Gasteiger partial charge is 0.396 e. The molecule has 0 aromatic heterocycles. The normalized spacial score (nSPS) is 16.1. The Morgan fingerprint density at radius 1 is 1.38 bits per heavy atom. The first-order valence-electron chi connectivity index (χ1n) is 3.09. The second-order valence-corrected chi connectivity index (χ2v) is 3.45. The number of aliphatic hydroxyl groups excluding tert-OH is 1. The van der Waals surface area contributed by atoms with Gasteiger partial charge in [0.15, 0.2) is 0 Å². The predicted molar refractivity (Wildman–Crippen MR) is 35.7 cm³/mol. The Morgan fingerprint density at radius 2 is 1.75 bits per heavy atom. The van der Waals surface area contributed by atoms with Crippen LogP contribution in [0.4, 0.5) is 0 Å². The highest BCUT2D eigenvalue weighted by atomic mass is 16.3. The molecule has 0 aromatic rings. The molecule has 1 atom stereocenters. The van der Waals surface area contributed by atoms with Gasteiger partial charge in [-0.25, -0.2) is 0 Å². The molecule has 0 aliphatic carbocycles. The molecule has 0 saturated carbocycles. The number of aliphatic hydroxyl groups is 1. The molecule has 0 spiro atoms. The van der Waals surface area contributed by atoms with Crippen molar-refractivity contribution in [1.82, 2.24) is 0 Å². The minimum absolute atomic E-state index is 0.259. The van der Waals surface area contributed by atoms with E-state index in [2.05, 4.69) is 27.7 Å². The average Bonchev–Trinajstić information content (AvgIpc) is 1.62. The zero-order chi connectivity index (χ0) is 6.78. The van der Waals surface area contributed by atoms with Crippen LogP contribution < -0.4 is 0 Å². The highest BCUT2D eigenvalue weighted by molar-refractivity contribution is 4.67. The molecular formula is C7H16O. The van der Waals surface area contributed by atoms with Crippen LogP contribution in [-0.4, -0.2) is 11.7 Å². The van der Waals surface area contributed by atoms with Crippen molar-refractivity contribution in [2.45, 2.75) is 27.7 Å². The van der Waals surface area contributed by atoms with Gasteiger partial charge in [0.2, 0.25) is 0 Å². The van der Waals surface area contributed by atoms with Gasteiger partial charge in [-0.1, -0.05) is 27.7 Å².